The molecule has 0 radical (unpaired) electrons. The van der Waals surface area contributed by atoms with Crippen molar-refractivity contribution in [2.75, 3.05) is 11.5 Å². The van der Waals surface area contributed by atoms with Gasteiger partial charge in [-0.1, -0.05) is 18.2 Å². The van der Waals surface area contributed by atoms with Crippen molar-refractivity contribution in [3.05, 3.63) is 132 Å². The molecule has 2 aromatic heterocycles. The molecule has 0 amide bonds. The number of aryl methyl sites for hydroxylation is 2. The second-order valence-electron chi connectivity index (χ2n) is 8.99. The zero-order chi connectivity index (χ0) is 27.2. The Balaban J connectivity index is 1.34. The van der Waals surface area contributed by atoms with E-state index in [0.29, 0.717) is 12.2 Å². The van der Waals surface area contributed by atoms with Crippen molar-refractivity contribution in [3.8, 4) is 5.75 Å². The van der Waals surface area contributed by atoms with E-state index in [1.807, 2.05) is 36.4 Å². The summed E-state index contributed by atoms with van der Waals surface area (Å²) in [5.74, 6) is -0.276. The minimum Gasteiger partial charge on any atom is -0.459 e. The molecule has 0 fully saturated rings. The average Bonchev–Trinajstić information content (AvgIpc) is 3.68. The first-order chi connectivity index (χ1) is 19.0. The number of carbonyl (C=O) groups excluding carboxylic acids is 2. The lowest BCUT2D eigenvalue weighted by Crippen LogP contribution is -2.11. The predicted octanol–water partition coefficient (Wildman–Crippen LogP) is 7.58. The van der Waals surface area contributed by atoms with Gasteiger partial charge in [-0.15, -0.1) is 0 Å². The fourth-order valence-corrected chi connectivity index (χ4v) is 4.07. The molecule has 0 unspecified atom stereocenters. The van der Waals surface area contributed by atoms with Crippen LogP contribution in [0.1, 0.15) is 37.8 Å². The summed E-state index contributed by atoms with van der Waals surface area (Å²) in [6, 6.07) is 28.2. The molecule has 0 aliphatic heterocycles. The molecular formula is C32H27NO6. The van der Waals surface area contributed by atoms with Crippen LogP contribution in [-0.2, 0) is 11.2 Å². The van der Waals surface area contributed by atoms with Gasteiger partial charge in [-0.3, -0.25) is 0 Å². The summed E-state index contributed by atoms with van der Waals surface area (Å²) >= 11 is 0. The Bertz CT molecular complexity index is 1540. The van der Waals surface area contributed by atoms with Crippen LogP contribution in [0.25, 0.3) is 0 Å². The fraction of sp³-hybridized carbons (Fsp3) is 0.125. The summed E-state index contributed by atoms with van der Waals surface area (Å²) in [5.41, 5.74) is 6.27. The van der Waals surface area contributed by atoms with Gasteiger partial charge >= 0.3 is 11.9 Å². The smallest absolute Gasteiger partial charge is 0.379 e. The molecule has 5 rings (SSSR count). The third-order valence-electron chi connectivity index (χ3n) is 6.32. The molecule has 5 aromatic rings. The number of anilines is 3. The van der Waals surface area contributed by atoms with Crippen molar-refractivity contribution in [2.45, 2.75) is 20.3 Å². The van der Waals surface area contributed by atoms with Crippen LogP contribution in [0.2, 0.25) is 0 Å². The molecule has 196 valence electrons. The Labute approximate surface area is 226 Å². The van der Waals surface area contributed by atoms with Gasteiger partial charge in [0.25, 0.3) is 0 Å². The van der Waals surface area contributed by atoms with E-state index in [4.69, 9.17) is 18.3 Å². The van der Waals surface area contributed by atoms with E-state index in [0.717, 1.165) is 22.6 Å². The number of hydrogen-bond acceptors (Lipinski definition) is 7. The lowest BCUT2D eigenvalue weighted by molar-refractivity contribution is 0.0472. The number of furan rings is 2. The summed E-state index contributed by atoms with van der Waals surface area (Å²) in [6.07, 6.45) is 3.45. The van der Waals surface area contributed by atoms with Gasteiger partial charge in [0.1, 0.15) is 5.75 Å². The molecule has 0 spiro atoms. The Morgan fingerprint density at radius 2 is 1.28 bits per heavy atom. The maximum atomic E-state index is 12.3. The molecule has 7 heteroatoms. The molecule has 0 aliphatic carbocycles. The maximum Gasteiger partial charge on any atom is 0.379 e. The van der Waals surface area contributed by atoms with E-state index in [1.165, 1.54) is 23.7 Å². The van der Waals surface area contributed by atoms with Crippen molar-refractivity contribution in [2.24, 2.45) is 0 Å². The average molecular weight is 522 g/mol. The Hall–Kier alpha value is -5.04. The van der Waals surface area contributed by atoms with Crippen molar-refractivity contribution < 1.29 is 27.9 Å². The molecule has 0 saturated heterocycles. The van der Waals surface area contributed by atoms with Crippen LogP contribution in [0.4, 0.5) is 17.1 Å². The molecule has 3 aromatic carbocycles. The third-order valence-corrected chi connectivity index (χ3v) is 6.32. The fourth-order valence-electron chi connectivity index (χ4n) is 4.07. The zero-order valence-corrected chi connectivity index (χ0v) is 21.6. The highest BCUT2D eigenvalue weighted by Crippen LogP contribution is 2.36. The highest BCUT2D eigenvalue weighted by atomic mass is 16.5. The first-order valence-electron chi connectivity index (χ1n) is 12.5. The van der Waals surface area contributed by atoms with Gasteiger partial charge in [0.2, 0.25) is 11.5 Å². The number of benzene rings is 3. The first-order valence-corrected chi connectivity index (χ1v) is 12.5. The minimum absolute atomic E-state index is 0.145. The van der Waals surface area contributed by atoms with Crippen LogP contribution in [0.5, 0.6) is 5.75 Å². The number of carbonyl (C=O) groups is 2. The molecule has 0 bridgehead atoms. The van der Waals surface area contributed by atoms with Gasteiger partial charge in [0.15, 0.2) is 0 Å². The largest absolute Gasteiger partial charge is 0.459 e. The molecule has 0 atom stereocenters. The third kappa shape index (κ3) is 6.10. The van der Waals surface area contributed by atoms with Gasteiger partial charge in [0, 0.05) is 23.5 Å². The minimum atomic E-state index is -0.552. The lowest BCUT2D eigenvalue weighted by atomic mass is 10.1. The normalized spacial score (nSPS) is 10.7. The topological polar surface area (TPSA) is 82.1 Å². The number of nitrogens with zero attached hydrogens (tertiary/aromatic N) is 1. The van der Waals surface area contributed by atoms with E-state index >= 15 is 0 Å². The molecule has 39 heavy (non-hydrogen) atoms. The molecule has 7 nitrogen and oxygen atoms in total. The Morgan fingerprint density at radius 3 is 1.87 bits per heavy atom. The second-order valence-corrected chi connectivity index (χ2v) is 8.99. The molecule has 0 aliphatic rings. The molecule has 2 heterocycles. The summed E-state index contributed by atoms with van der Waals surface area (Å²) in [7, 11) is 0. The summed E-state index contributed by atoms with van der Waals surface area (Å²) < 4.78 is 20.9. The van der Waals surface area contributed by atoms with Crippen LogP contribution in [-0.4, -0.2) is 18.5 Å². The quantitative estimate of drug-likeness (QED) is 0.146. The first kappa shape index (κ1) is 25.6. The van der Waals surface area contributed by atoms with Crippen molar-refractivity contribution in [3.63, 3.8) is 0 Å². The van der Waals surface area contributed by atoms with E-state index in [2.05, 4.69) is 36.9 Å². The lowest BCUT2D eigenvalue weighted by Gasteiger charge is -2.26. The standard InChI is InChI=1S/C32H27NO6/c1-22-7-10-27(21-23(22)2)33(26-13-15-28(16-14-26)39-32(35)30-6-4-19-37-30)25-11-8-24(9-12-25)17-20-38-31(34)29-5-3-18-36-29/h3-16,18-19,21H,17,20H2,1-2H3. The summed E-state index contributed by atoms with van der Waals surface area (Å²) in [4.78, 5) is 26.4. The second kappa shape index (κ2) is 11.6. The molecular weight excluding hydrogens is 494 g/mol. The summed E-state index contributed by atoms with van der Waals surface area (Å²) in [5, 5.41) is 0. The summed E-state index contributed by atoms with van der Waals surface area (Å²) in [6.45, 7) is 4.42. The van der Waals surface area contributed by atoms with E-state index in [1.54, 1.807) is 36.4 Å². The van der Waals surface area contributed by atoms with E-state index in [-0.39, 0.29) is 18.1 Å². The maximum absolute atomic E-state index is 12.3. The number of ether oxygens (including phenoxy) is 2. The number of esters is 2. The van der Waals surface area contributed by atoms with Crippen LogP contribution in [0, 0.1) is 13.8 Å². The molecule has 0 saturated carbocycles. The monoisotopic (exact) mass is 521 g/mol. The van der Waals surface area contributed by atoms with Gasteiger partial charge in [0.05, 0.1) is 19.1 Å². The number of hydrogen-bond donors (Lipinski definition) is 0. The van der Waals surface area contributed by atoms with E-state index in [9.17, 15) is 9.59 Å². The van der Waals surface area contributed by atoms with Crippen molar-refractivity contribution >= 4 is 29.0 Å². The Kier molecular flexibility index (Phi) is 7.59. The van der Waals surface area contributed by atoms with Crippen molar-refractivity contribution in [1.82, 2.24) is 0 Å². The SMILES string of the molecule is Cc1ccc(N(c2ccc(CCOC(=O)c3ccco3)cc2)c2ccc(OC(=O)c3ccco3)cc2)cc1C. The predicted molar refractivity (Wildman–Crippen MR) is 147 cm³/mol. The van der Waals surface area contributed by atoms with Gasteiger partial charge in [-0.25, -0.2) is 9.59 Å². The van der Waals surface area contributed by atoms with Crippen LogP contribution >= 0.6 is 0 Å². The van der Waals surface area contributed by atoms with Crippen LogP contribution in [0.15, 0.2) is 112 Å². The van der Waals surface area contributed by atoms with Gasteiger partial charge in [-0.05, 0) is 103 Å². The highest BCUT2D eigenvalue weighted by Gasteiger charge is 2.16. The van der Waals surface area contributed by atoms with Gasteiger partial charge in [-0.2, -0.15) is 0 Å². The Morgan fingerprint density at radius 1 is 0.692 bits per heavy atom. The number of rotatable bonds is 9. The molecule has 0 N–H and O–H groups in total. The van der Waals surface area contributed by atoms with E-state index < -0.39 is 11.9 Å². The van der Waals surface area contributed by atoms with Crippen molar-refractivity contribution in [1.29, 1.82) is 0 Å². The van der Waals surface area contributed by atoms with Crippen LogP contribution < -0.4 is 9.64 Å². The highest BCUT2D eigenvalue weighted by molar-refractivity contribution is 5.88. The zero-order valence-electron chi connectivity index (χ0n) is 21.6. The van der Waals surface area contributed by atoms with Crippen LogP contribution in [0.3, 0.4) is 0 Å². The van der Waals surface area contributed by atoms with Gasteiger partial charge < -0.3 is 23.2 Å².